The number of thioether (sulfide) groups is 1. The lowest BCUT2D eigenvalue weighted by Crippen LogP contribution is -2.05. The van der Waals surface area contributed by atoms with E-state index in [2.05, 4.69) is 5.16 Å². The molecule has 0 fully saturated rings. The van der Waals surface area contributed by atoms with E-state index in [0.717, 1.165) is 17.0 Å². The predicted octanol–water partition coefficient (Wildman–Crippen LogP) is 3.44. The number of carbonyl (C=O) groups is 1. The van der Waals surface area contributed by atoms with Crippen LogP contribution in [0.25, 0.3) is 11.3 Å². The highest BCUT2D eigenvalue weighted by molar-refractivity contribution is 7.99. The Kier molecular flexibility index (Phi) is 4.63. The smallest absolute Gasteiger partial charge is 0.304 e. The number of aromatic nitrogens is 1. The lowest BCUT2D eigenvalue weighted by atomic mass is 10.1. The Morgan fingerprint density at radius 2 is 2.16 bits per heavy atom. The molecular weight excluding hydrogens is 262 g/mol. The van der Waals surface area contributed by atoms with Gasteiger partial charge in [-0.25, -0.2) is 0 Å². The lowest BCUT2D eigenvalue weighted by Gasteiger charge is -2.05. The van der Waals surface area contributed by atoms with E-state index < -0.39 is 5.97 Å². The van der Waals surface area contributed by atoms with Crippen LogP contribution >= 0.6 is 11.8 Å². The molecule has 19 heavy (non-hydrogen) atoms. The third-order valence-corrected chi connectivity index (χ3v) is 3.79. The highest BCUT2D eigenvalue weighted by atomic mass is 32.2. The number of rotatable bonds is 6. The summed E-state index contributed by atoms with van der Waals surface area (Å²) in [4.78, 5) is 10.6. The van der Waals surface area contributed by atoms with E-state index >= 15 is 0 Å². The fraction of sp³-hybridized carbons (Fsp3) is 0.286. The molecule has 0 saturated carbocycles. The van der Waals surface area contributed by atoms with Crippen LogP contribution in [0.2, 0.25) is 0 Å². The number of benzene rings is 1. The van der Waals surface area contributed by atoms with Gasteiger partial charge in [-0.1, -0.05) is 42.4 Å². The summed E-state index contributed by atoms with van der Waals surface area (Å²) in [5, 5.41) is 12.8. The molecule has 0 amide bonds. The standard InChI is InChI=1S/C14H15NO3S/c1-10(7-14(16)17)19-9-12-8-13(15-18-12)11-5-3-2-4-6-11/h2-6,8,10H,7,9H2,1H3,(H,16,17). The number of carboxylic acid groups (broad SMARTS) is 1. The monoisotopic (exact) mass is 277 g/mol. The highest BCUT2D eigenvalue weighted by Crippen LogP contribution is 2.24. The third kappa shape index (κ3) is 4.13. The first-order chi connectivity index (χ1) is 9.15. The van der Waals surface area contributed by atoms with Crippen molar-refractivity contribution in [2.75, 3.05) is 0 Å². The topological polar surface area (TPSA) is 63.3 Å². The van der Waals surface area contributed by atoms with Crippen molar-refractivity contribution in [3.63, 3.8) is 0 Å². The summed E-state index contributed by atoms with van der Waals surface area (Å²) in [6.45, 7) is 1.90. The molecule has 0 saturated heterocycles. The van der Waals surface area contributed by atoms with Crippen LogP contribution < -0.4 is 0 Å². The second kappa shape index (κ2) is 6.43. The summed E-state index contributed by atoms with van der Waals surface area (Å²) < 4.78 is 5.26. The van der Waals surface area contributed by atoms with Crippen LogP contribution in [0, 0.1) is 0 Å². The van der Waals surface area contributed by atoms with Crippen molar-refractivity contribution < 1.29 is 14.4 Å². The van der Waals surface area contributed by atoms with Gasteiger partial charge in [-0.15, -0.1) is 0 Å². The minimum atomic E-state index is -0.775. The number of hydrogen-bond acceptors (Lipinski definition) is 4. The van der Waals surface area contributed by atoms with Gasteiger partial charge >= 0.3 is 5.97 Å². The maximum atomic E-state index is 10.6. The third-order valence-electron chi connectivity index (χ3n) is 2.60. The van der Waals surface area contributed by atoms with Crippen LogP contribution in [0.5, 0.6) is 0 Å². The molecule has 1 atom stereocenters. The molecule has 1 heterocycles. The van der Waals surface area contributed by atoms with Crippen LogP contribution in [0.4, 0.5) is 0 Å². The second-order valence-corrected chi connectivity index (χ2v) is 5.69. The van der Waals surface area contributed by atoms with Crippen molar-refractivity contribution in [3.05, 3.63) is 42.2 Å². The summed E-state index contributed by atoms with van der Waals surface area (Å²) >= 11 is 1.55. The Morgan fingerprint density at radius 1 is 1.42 bits per heavy atom. The zero-order valence-electron chi connectivity index (χ0n) is 10.6. The normalized spacial score (nSPS) is 12.3. The van der Waals surface area contributed by atoms with Crippen molar-refractivity contribution in [3.8, 4) is 11.3 Å². The molecule has 1 aromatic carbocycles. The summed E-state index contributed by atoms with van der Waals surface area (Å²) in [6.07, 6.45) is 0.157. The van der Waals surface area contributed by atoms with Crippen molar-refractivity contribution in [1.82, 2.24) is 5.16 Å². The maximum Gasteiger partial charge on any atom is 0.304 e. The van der Waals surface area contributed by atoms with Crippen LogP contribution in [0.15, 0.2) is 40.9 Å². The molecule has 4 nitrogen and oxygen atoms in total. The van der Waals surface area contributed by atoms with E-state index in [9.17, 15) is 4.79 Å². The molecule has 100 valence electrons. The zero-order chi connectivity index (χ0) is 13.7. The quantitative estimate of drug-likeness (QED) is 0.876. The van der Waals surface area contributed by atoms with Gasteiger partial charge in [0.1, 0.15) is 11.5 Å². The summed E-state index contributed by atoms with van der Waals surface area (Å²) in [7, 11) is 0. The zero-order valence-corrected chi connectivity index (χ0v) is 11.4. The Morgan fingerprint density at radius 3 is 2.84 bits per heavy atom. The van der Waals surface area contributed by atoms with Gasteiger partial charge in [-0.05, 0) is 0 Å². The van der Waals surface area contributed by atoms with E-state index in [4.69, 9.17) is 9.63 Å². The summed E-state index contributed by atoms with van der Waals surface area (Å²) in [5.74, 6) is 0.623. The van der Waals surface area contributed by atoms with Gasteiger partial charge in [0.2, 0.25) is 0 Å². The van der Waals surface area contributed by atoms with Gasteiger partial charge in [-0.2, -0.15) is 11.8 Å². The molecule has 2 aromatic rings. The van der Waals surface area contributed by atoms with Crippen LogP contribution in [-0.2, 0) is 10.5 Å². The molecule has 1 unspecified atom stereocenters. The first kappa shape index (κ1) is 13.7. The van der Waals surface area contributed by atoms with E-state index in [1.807, 2.05) is 43.3 Å². The minimum absolute atomic E-state index is 0.0581. The molecule has 5 heteroatoms. The lowest BCUT2D eigenvalue weighted by molar-refractivity contribution is -0.136. The predicted molar refractivity (Wildman–Crippen MR) is 74.9 cm³/mol. The Balaban J connectivity index is 1.93. The average Bonchev–Trinajstić information content (AvgIpc) is 2.85. The number of nitrogens with zero attached hydrogens (tertiary/aromatic N) is 1. The van der Waals surface area contributed by atoms with E-state index in [0.29, 0.717) is 5.75 Å². The first-order valence-corrected chi connectivity index (χ1v) is 7.04. The maximum absolute atomic E-state index is 10.6. The summed E-state index contributed by atoms with van der Waals surface area (Å²) in [6, 6.07) is 11.7. The van der Waals surface area contributed by atoms with Crippen molar-refractivity contribution in [1.29, 1.82) is 0 Å². The Hall–Kier alpha value is -1.75. The van der Waals surface area contributed by atoms with Crippen molar-refractivity contribution in [2.45, 2.75) is 24.3 Å². The van der Waals surface area contributed by atoms with Gasteiger partial charge in [0.15, 0.2) is 0 Å². The molecule has 0 spiro atoms. The molecule has 0 aliphatic carbocycles. The van der Waals surface area contributed by atoms with E-state index in [-0.39, 0.29) is 11.7 Å². The fourth-order valence-electron chi connectivity index (χ4n) is 1.66. The second-order valence-electron chi connectivity index (χ2n) is 4.26. The van der Waals surface area contributed by atoms with Crippen LogP contribution in [0.3, 0.4) is 0 Å². The number of aliphatic carboxylic acids is 1. The molecular formula is C14H15NO3S. The van der Waals surface area contributed by atoms with Crippen molar-refractivity contribution in [2.24, 2.45) is 0 Å². The highest BCUT2D eigenvalue weighted by Gasteiger charge is 2.11. The van der Waals surface area contributed by atoms with Crippen LogP contribution in [0.1, 0.15) is 19.1 Å². The molecule has 0 aliphatic heterocycles. The molecule has 0 aliphatic rings. The first-order valence-electron chi connectivity index (χ1n) is 5.99. The minimum Gasteiger partial charge on any atom is -0.481 e. The van der Waals surface area contributed by atoms with Gasteiger partial charge < -0.3 is 9.63 Å². The van der Waals surface area contributed by atoms with Gasteiger partial charge in [0.05, 0.1) is 12.2 Å². The summed E-state index contributed by atoms with van der Waals surface area (Å²) in [5.41, 5.74) is 1.82. The van der Waals surface area contributed by atoms with E-state index in [1.54, 1.807) is 11.8 Å². The average molecular weight is 277 g/mol. The Labute approximate surface area is 115 Å². The molecule has 0 bridgehead atoms. The van der Waals surface area contributed by atoms with Gasteiger partial charge in [0.25, 0.3) is 0 Å². The molecule has 2 rings (SSSR count). The number of carboxylic acids is 1. The fourth-order valence-corrected chi connectivity index (χ4v) is 2.50. The molecule has 0 radical (unpaired) electrons. The van der Waals surface area contributed by atoms with Crippen LogP contribution in [-0.4, -0.2) is 21.5 Å². The van der Waals surface area contributed by atoms with E-state index in [1.165, 1.54) is 0 Å². The largest absolute Gasteiger partial charge is 0.481 e. The number of hydrogen-bond donors (Lipinski definition) is 1. The van der Waals surface area contributed by atoms with Gasteiger partial charge in [-0.3, -0.25) is 4.79 Å². The SMILES string of the molecule is CC(CC(=O)O)SCc1cc(-c2ccccc2)no1. The van der Waals surface area contributed by atoms with Crippen molar-refractivity contribution >= 4 is 17.7 Å². The Bertz CT molecular complexity index is 539. The molecule has 1 N–H and O–H groups in total. The van der Waals surface area contributed by atoms with Gasteiger partial charge in [0, 0.05) is 16.9 Å². The molecule has 1 aromatic heterocycles.